The van der Waals surface area contributed by atoms with Gasteiger partial charge in [0.1, 0.15) is 11.9 Å². The van der Waals surface area contributed by atoms with E-state index >= 15 is 0 Å². The Labute approximate surface area is 188 Å². The van der Waals surface area contributed by atoms with Gasteiger partial charge in [-0.1, -0.05) is 12.1 Å². The van der Waals surface area contributed by atoms with Crippen LogP contribution in [0.4, 0.5) is 11.5 Å². The molecule has 0 radical (unpaired) electrons. The summed E-state index contributed by atoms with van der Waals surface area (Å²) in [4.78, 5) is 24.2. The Morgan fingerprint density at radius 3 is 2.75 bits per heavy atom. The standard InChI is InChI=1S/C25H30N4O3/c1-24(2)21(29-20-22(26)27-14-28-23(20)32-24)17-5-6-18-16(13-17)4-3-9-25(18)10-7-15(8-11-25)12-19(30)31/h5-6,13-15H,3-4,7-12H2,1-2H3,(H,30,31)(H2,26,27,28). The Morgan fingerprint density at radius 2 is 2.00 bits per heavy atom. The molecule has 1 aromatic heterocycles. The SMILES string of the molecule is CC1(C)Oc2ncnc(N)c2N=C1c1ccc2c(c1)CCCC21CCC(CC(=O)O)CC1. The Hall–Kier alpha value is -2.96. The van der Waals surface area contributed by atoms with Gasteiger partial charge in [-0.25, -0.2) is 9.98 Å². The number of nitrogens with two attached hydrogens (primary N) is 1. The zero-order valence-electron chi connectivity index (χ0n) is 18.7. The van der Waals surface area contributed by atoms with Crippen LogP contribution in [0, 0.1) is 5.92 Å². The number of benzene rings is 1. The third kappa shape index (κ3) is 3.53. The second kappa shape index (κ2) is 7.57. The highest BCUT2D eigenvalue weighted by Gasteiger charge is 2.41. The Kier molecular flexibility index (Phi) is 4.95. The zero-order valence-corrected chi connectivity index (χ0v) is 18.7. The first-order valence-electron chi connectivity index (χ1n) is 11.5. The van der Waals surface area contributed by atoms with Gasteiger partial charge in [-0.2, -0.15) is 4.98 Å². The summed E-state index contributed by atoms with van der Waals surface area (Å²) in [5, 5.41) is 9.16. The van der Waals surface area contributed by atoms with Crippen LogP contribution in [-0.2, 0) is 16.6 Å². The van der Waals surface area contributed by atoms with Crippen LogP contribution in [0.2, 0.25) is 0 Å². The van der Waals surface area contributed by atoms with Crippen LogP contribution >= 0.6 is 0 Å². The molecule has 1 spiro atoms. The molecule has 1 aromatic carbocycles. The van der Waals surface area contributed by atoms with Crippen LogP contribution in [0.5, 0.6) is 5.88 Å². The molecule has 0 bridgehead atoms. The van der Waals surface area contributed by atoms with Crippen molar-refractivity contribution in [2.45, 2.75) is 76.2 Å². The van der Waals surface area contributed by atoms with E-state index in [-0.39, 0.29) is 5.41 Å². The van der Waals surface area contributed by atoms with E-state index in [1.807, 2.05) is 13.8 Å². The van der Waals surface area contributed by atoms with E-state index in [1.54, 1.807) is 0 Å². The lowest BCUT2D eigenvalue weighted by atomic mass is 9.60. The molecule has 2 aromatic rings. The number of fused-ring (bicyclic) bond motifs is 3. The number of carbonyl (C=O) groups is 1. The topological polar surface area (TPSA) is 111 Å². The highest BCUT2D eigenvalue weighted by atomic mass is 16.5. The minimum atomic E-state index is -0.676. The van der Waals surface area contributed by atoms with Crippen LogP contribution < -0.4 is 10.5 Å². The molecule has 0 saturated heterocycles. The van der Waals surface area contributed by atoms with Gasteiger partial charge < -0.3 is 15.6 Å². The monoisotopic (exact) mass is 434 g/mol. The van der Waals surface area contributed by atoms with Crippen LogP contribution in [0.25, 0.3) is 0 Å². The van der Waals surface area contributed by atoms with Crippen molar-refractivity contribution in [3.63, 3.8) is 0 Å². The van der Waals surface area contributed by atoms with E-state index in [0.29, 0.717) is 29.7 Å². The molecular formula is C25H30N4O3. The van der Waals surface area contributed by atoms with Gasteiger partial charge in [0, 0.05) is 12.0 Å². The van der Waals surface area contributed by atoms with Crippen molar-refractivity contribution in [2.75, 3.05) is 5.73 Å². The molecule has 168 valence electrons. The molecule has 1 saturated carbocycles. The summed E-state index contributed by atoms with van der Waals surface area (Å²) in [7, 11) is 0. The van der Waals surface area contributed by atoms with E-state index in [4.69, 9.17) is 20.6 Å². The molecule has 0 unspecified atom stereocenters. The quantitative estimate of drug-likeness (QED) is 0.731. The number of aliphatic imine (C=N–C) groups is 1. The fourth-order valence-electron chi connectivity index (χ4n) is 5.92. The lowest BCUT2D eigenvalue weighted by Gasteiger charge is -2.44. The predicted molar refractivity (Wildman–Crippen MR) is 123 cm³/mol. The number of nitrogens with zero attached hydrogens (tertiary/aromatic N) is 3. The average molecular weight is 435 g/mol. The maximum Gasteiger partial charge on any atom is 0.303 e. The smallest absolute Gasteiger partial charge is 0.303 e. The second-order valence-electron chi connectivity index (χ2n) is 10.0. The van der Waals surface area contributed by atoms with E-state index in [1.165, 1.54) is 23.9 Å². The van der Waals surface area contributed by atoms with Gasteiger partial charge in [-0.3, -0.25) is 4.79 Å². The summed E-state index contributed by atoms with van der Waals surface area (Å²) < 4.78 is 6.15. The van der Waals surface area contributed by atoms with Gasteiger partial charge in [0.25, 0.3) is 0 Å². The van der Waals surface area contributed by atoms with Crippen molar-refractivity contribution in [3.05, 3.63) is 41.2 Å². The first-order valence-corrected chi connectivity index (χ1v) is 11.5. The summed E-state index contributed by atoms with van der Waals surface area (Å²) in [5.74, 6) is 0.370. The van der Waals surface area contributed by atoms with E-state index < -0.39 is 11.6 Å². The maximum absolute atomic E-state index is 11.1. The second-order valence-corrected chi connectivity index (χ2v) is 10.0. The molecule has 3 aliphatic rings. The van der Waals surface area contributed by atoms with Gasteiger partial charge in [0.15, 0.2) is 11.5 Å². The fourth-order valence-corrected chi connectivity index (χ4v) is 5.92. The summed E-state index contributed by atoms with van der Waals surface area (Å²) in [6.07, 6.45) is 9.25. The number of aryl methyl sites for hydroxylation is 1. The largest absolute Gasteiger partial charge is 0.481 e. The average Bonchev–Trinajstić information content (AvgIpc) is 2.74. The highest BCUT2D eigenvalue weighted by Crippen LogP contribution is 2.49. The first kappa shape index (κ1) is 20.9. The van der Waals surface area contributed by atoms with Gasteiger partial charge >= 0.3 is 5.97 Å². The Bertz CT molecular complexity index is 1100. The molecule has 5 rings (SSSR count). The highest BCUT2D eigenvalue weighted by molar-refractivity contribution is 6.09. The first-order chi connectivity index (χ1) is 15.3. The van der Waals surface area contributed by atoms with E-state index in [0.717, 1.165) is 49.8 Å². The number of aliphatic carboxylic acids is 1. The zero-order chi connectivity index (χ0) is 22.5. The Morgan fingerprint density at radius 1 is 1.22 bits per heavy atom. The van der Waals surface area contributed by atoms with Gasteiger partial charge in [-0.15, -0.1) is 0 Å². The predicted octanol–water partition coefficient (Wildman–Crippen LogP) is 4.59. The number of ether oxygens (including phenoxy) is 1. The van der Waals surface area contributed by atoms with Crippen LogP contribution in [0.15, 0.2) is 29.5 Å². The molecule has 2 heterocycles. The molecule has 1 fully saturated rings. The molecular weight excluding hydrogens is 404 g/mol. The van der Waals surface area contributed by atoms with Crippen molar-refractivity contribution in [2.24, 2.45) is 10.9 Å². The van der Waals surface area contributed by atoms with E-state index in [2.05, 4.69) is 28.2 Å². The van der Waals surface area contributed by atoms with Crippen molar-refractivity contribution in [1.82, 2.24) is 9.97 Å². The molecule has 7 nitrogen and oxygen atoms in total. The van der Waals surface area contributed by atoms with Crippen molar-refractivity contribution >= 4 is 23.2 Å². The van der Waals surface area contributed by atoms with Crippen LogP contribution in [-0.4, -0.2) is 32.4 Å². The number of aromatic nitrogens is 2. The lowest BCUT2D eigenvalue weighted by Crippen LogP contribution is -2.41. The molecule has 0 atom stereocenters. The summed E-state index contributed by atoms with van der Waals surface area (Å²) in [6.45, 7) is 4.00. The number of hydrogen-bond donors (Lipinski definition) is 2. The fraction of sp³-hybridized carbons (Fsp3) is 0.520. The third-order valence-electron chi connectivity index (χ3n) is 7.54. The number of carboxylic acids is 1. The molecule has 2 aliphatic carbocycles. The minimum Gasteiger partial charge on any atom is -0.481 e. The number of anilines is 1. The molecule has 0 amide bonds. The molecule has 3 N–H and O–H groups in total. The Balaban J connectivity index is 1.48. The molecule has 1 aliphatic heterocycles. The number of rotatable bonds is 3. The van der Waals surface area contributed by atoms with Gasteiger partial charge in [-0.05, 0) is 87.3 Å². The summed E-state index contributed by atoms with van der Waals surface area (Å²) >= 11 is 0. The summed E-state index contributed by atoms with van der Waals surface area (Å²) in [6, 6.07) is 6.71. The van der Waals surface area contributed by atoms with Crippen molar-refractivity contribution in [3.8, 4) is 5.88 Å². The lowest BCUT2D eigenvalue weighted by molar-refractivity contribution is -0.138. The summed E-state index contributed by atoms with van der Waals surface area (Å²) in [5.41, 5.74) is 10.8. The molecule has 7 heteroatoms. The third-order valence-corrected chi connectivity index (χ3v) is 7.54. The number of hydrogen-bond acceptors (Lipinski definition) is 6. The van der Waals surface area contributed by atoms with Crippen LogP contribution in [0.3, 0.4) is 0 Å². The van der Waals surface area contributed by atoms with Crippen LogP contribution in [0.1, 0.15) is 75.5 Å². The number of nitrogen functional groups attached to an aromatic ring is 1. The van der Waals surface area contributed by atoms with E-state index in [9.17, 15) is 4.79 Å². The number of carboxylic acid groups (broad SMARTS) is 1. The van der Waals surface area contributed by atoms with Gasteiger partial charge in [0.05, 0.1) is 5.71 Å². The van der Waals surface area contributed by atoms with Crippen molar-refractivity contribution in [1.29, 1.82) is 0 Å². The normalized spacial score (nSPS) is 25.9. The van der Waals surface area contributed by atoms with Gasteiger partial charge in [0.2, 0.25) is 5.88 Å². The van der Waals surface area contributed by atoms with Crippen molar-refractivity contribution < 1.29 is 14.6 Å². The molecule has 32 heavy (non-hydrogen) atoms. The minimum absolute atomic E-state index is 0.187. The maximum atomic E-state index is 11.1.